The molecule has 450 valence electrons. The van der Waals surface area contributed by atoms with Crippen molar-refractivity contribution in [2.45, 2.75) is 285 Å². The normalized spacial score (nSPS) is 10.7. The van der Waals surface area contributed by atoms with Gasteiger partial charge in [0.1, 0.15) is 19.6 Å². The van der Waals surface area contributed by atoms with Crippen LogP contribution in [0.1, 0.15) is 285 Å². The minimum absolute atomic E-state index is 0. The molecule has 0 heterocycles. The molecule has 0 spiro atoms. The maximum Gasteiger partial charge on any atom is 1.00 e. The Hall–Kier alpha value is -2.81. The van der Waals surface area contributed by atoms with E-state index >= 15 is 0 Å². The third-order valence-corrected chi connectivity index (χ3v) is 14.7. The second kappa shape index (κ2) is 57.4. The fourth-order valence-corrected chi connectivity index (χ4v) is 9.41. The number of nitrogens with zero attached hydrogens (tertiary/aromatic N) is 4. The minimum Gasteiger partial charge on any atom is -0.548 e. The summed E-state index contributed by atoms with van der Waals surface area (Å²) < 4.78 is 15.9. The van der Waals surface area contributed by atoms with Gasteiger partial charge in [0.05, 0.1) is 12.5 Å². The molecule has 0 aromatic carbocycles. The van der Waals surface area contributed by atoms with Crippen molar-refractivity contribution in [3.63, 3.8) is 0 Å². The van der Waals surface area contributed by atoms with E-state index in [1.54, 1.807) is 0 Å². The second-order valence-corrected chi connectivity index (χ2v) is 22.3. The number of rotatable bonds is 51. The van der Waals surface area contributed by atoms with Gasteiger partial charge < -0.3 is 43.1 Å². The molecule has 0 saturated carbocycles. The van der Waals surface area contributed by atoms with Gasteiger partial charge in [0.15, 0.2) is 0 Å². The van der Waals surface area contributed by atoms with Crippen LogP contribution in [0, 0.1) is 0 Å². The maximum atomic E-state index is 12.9. The summed E-state index contributed by atoms with van der Waals surface area (Å²) >= 11 is 0. The van der Waals surface area contributed by atoms with Crippen molar-refractivity contribution in [3.8, 4) is 0 Å². The maximum absolute atomic E-state index is 12.9. The Morgan fingerprint density at radius 3 is 0.641 bits per heavy atom. The molecule has 0 aliphatic carbocycles. The van der Waals surface area contributed by atoms with Crippen LogP contribution in [0.2, 0.25) is 0 Å². The summed E-state index contributed by atoms with van der Waals surface area (Å²) in [5, 5.41) is 10.3. The van der Waals surface area contributed by atoms with Crippen molar-refractivity contribution in [1.29, 1.82) is 0 Å². The van der Waals surface area contributed by atoms with Gasteiger partial charge in [-0.2, -0.15) is 0 Å². The van der Waals surface area contributed by atoms with Crippen molar-refractivity contribution in [3.05, 3.63) is 0 Å². The number of likely N-dealkylation sites (N-methyl/N-ethyl adjacent to an activating group) is 4. The Morgan fingerprint density at radius 1 is 0.295 bits per heavy atom. The molecule has 0 aliphatic heterocycles. The Balaban J connectivity index is -0.00000237. The Morgan fingerprint density at radius 2 is 0.462 bits per heavy atom. The van der Waals surface area contributed by atoms with E-state index in [4.69, 9.17) is 13.6 Å². The molecule has 4 amide bonds. The topological polar surface area (TPSA) is 200 Å². The SMILES string of the molecule is CCCCCCCCCCCC(=O)N(C)CC(=O)OP(OC(=O)CN(C)C(=O)CCCCCCCCCCC)OC(=O)CN(C)C(=O)CCCCCCCCCCC.CCCCCCCCCCCC(=O)N(C)CC(=O)[O-].[Na+]. The largest absolute Gasteiger partial charge is 1.00 e. The average Bonchev–Trinajstić information content (AvgIpc) is 3.38. The summed E-state index contributed by atoms with van der Waals surface area (Å²) in [6.07, 6.45) is 42.4. The average molecular weight is 1140 g/mol. The van der Waals surface area contributed by atoms with Crippen LogP contribution in [-0.4, -0.2) is 121 Å². The fourth-order valence-electron chi connectivity index (χ4n) is 8.63. The third kappa shape index (κ3) is 52.6. The number of carboxylic acid groups (broad SMARTS) is 1. The Bertz CT molecular complexity index is 1410. The van der Waals surface area contributed by atoms with Gasteiger partial charge in [0.2, 0.25) is 23.6 Å². The fraction of sp³-hybridized carbons (Fsp3) is 0.867. The second-order valence-electron chi connectivity index (χ2n) is 21.3. The predicted octanol–water partition coefficient (Wildman–Crippen LogP) is 10.1. The molecule has 0 aliphatic rings. The van der Waals surface area contributed by atoms with E-state index in [2.05, 4.69) is 27.7 Å². The van der Waals surface area contributed by atoms with E-state index in [1.165, 1.54) is 189 Å². The number of hydrogen-bond acceptors (Lipinski definition) is 12. The first kappa shape index (κ1) is 79.4. The van der Waals surface area contributed by atoms with Crippen LogP contribution in [0.3, 0.4) is 0 Å². The van der Waals surface area contributed by atoms with Crippen molar-refractivity contribution < 1.29 is 86.6 Å². The summed E-state index contributed by atoms with van der Waals surface area (Å²) in [6.45, 7) is 7.21. The predicted molar refractivity (Wildman–Crippen MR) is 308 cm³/mol. The number of hydrogen-bond donors (Lipinski definition) is 0. The van der Waals surface area contributed by atoms with Crippen molar-refractivity contribution in [2.75, 3.05) is 54.4 Å². The number of carbonyl (C=O) groups excluding carboxylic acids is 8. The van der Waals surface area contributed by atoms with Crippen molar-refractivity contribution >= 4 is 56.1 Å². The first-order valence-electron chi connectivity index (χ1n) is 30.6. The van der Waals surface area contributed by atoms with Gasteiger partial charge in [0.25, 0.3) is 0 Å². The summed E-state index contributed by atoms with van der Waals surface area (Å²) in [7, 11) is 3.10. The molecule has 0 saturated heterocycles. The van der Waals surface area contributed by atoms with E-state index in [-0.39, 0.29) is 79.0 Å². The quantitative estimate of drug-likeness (QED) is 0.0318. The summed E-state index contributed by atoms with van der Waals surface area (Å²) in [4.78, 5) is 104. The van der Waals surface area contributed by atoms with Crippen LogP contribution in [0.15, 0.2) is 0 Å². The minimum atomic E-state index is -2.86. The van der Waals surface area contributed by atoms with Gasteiger partial charge in [-0.05, 0) is 25.7 Å². The van der Waals surface area contributed by atoms with Crippen LogP contribution < -0.4 is 34.7 Å². The zero-order valence-electron chi connectivity index (χ0n) is 51.2. The van der Waals surface area contributed by atoms with Crippen LogP contribution in [0.5, 0.6) is 0 Å². The molecule has 0 aromatic heterocycles. The molecule has 0 atom stereocenters. The van der Waals surface area contributed by atoms with E-state index in [9.17, 15) is 43.5 Å². The van der Waals surface area contributed by atoms with Crippen LogP contribution in [0.4, 0.5) is 0 Å². The number of carbonyl (C=O) groups is 8. The number of amides is 4. The molecule has 0 bridgehead atoms. The van der Waals surface area contributed by atoms with Crippen LogP contribution in [0.25, 0.3) is 0 Å². The summed E-state index contributed by atoms with van der Waals surface area (Å²) in [5.41, 5.74) is 0. The van der Waals surface area contributed by atoms with E-state index in [0.29, 0.717) is 25.7 Å². The molecular weight excluding hydrogens is 1020 g/mol. The number of unbranched alkanes of at least 4 members (excludes halogenated alkanes) is 32. The molecule has 0 aromatic rings. The van der Waals surface area contributed by atoms with Crippen molar-refractivity contribution in [2.24, 2.45) is 0 Å². The van der Waals surface area contributed by atoms with Crippen LogP contribution >= 0.6 is 8.60 Å². The molecule has 18 heteroatoms. The van der Waals surface area contributed by atoms with E-state index < -0.39 is 52.1 Å². The standard InChI is InChI=1S/C45H84N3O9P.C15H29NO3.Na/c1-7-10-13-16-19-22-25-28-31-34-40(49)46(4)37-43(52)55-58(56-44(53)38-47(5)41(50)35-32-29-26-23-20-17-14-11-8-2)57-45(54)39-48(6)42(51)36-33-30-27-24-21-18-15-12-9-3;1-3-4-5-6-7-8-9-10-11-12-14(17)16(2)13-15(18)19;/h7-39H2,1-6H3;3-13H2,1-2H3,(H,18,19);/q;;+1/p-1. The van der Waals surface area contributed by atoms with Gasteiger partial charge in [0, 0.05) is 53.9 Å². The van der Waals surface area contributed by atoms with E-state index in [1.807, 2.05) is 0 Å². The molecule has 0 unspecified atom stereocenters. The van der Waals surface area contributed by atoms with E-state index in [0.717, 1.165) is 70.6 Å². The zero-order valence-corrected chi connectivity index (χ0v) is 54.1. The van der Waals surface area contributed by atoms with Crippen molar-refractivity contribution in [1.82, 2.24) is 19.6 Å². The molecule has 0 fully saturated rings. The third-order valence-electron chi connectivity index (χ3n) is 13.7. The smallest absolute Gasteiger partial charge is 0.548 e. The molecule has 0 rings (SSSR count). The molecule has 0 N–H and O–H groups in total. The first-order valence-corrected chi connectivity index (χ1v) is 31.7. The first-order chi connectivity index (χ1) is 37.0. The summed E-state index contributed by atoms with van der Waals surface area (Å²) in [6, 6.07) is 0. The van der Waals surface area contributed by atoms with Gasteiger partial charge in [-0.25, -0.2) is 14.4 Å². The molecule has 0 radical (unpaired) electrons. The molecule has 78 heavy (non-hydrogen) atoms. The summed E-state index contributed by atoms with van der Waals surface area (Å²) in [5.74, 6) is -4.74. The Kier molecular flexibility index (Phi) is 58.5. The molecular formula is C60H112N4NaO12P. The van der Waals surface area contributed by atoms with Gasteiger partial charge >= 0.3 is 56.1 Å². The molecule has 16 nitrogen and oxygen atoms in total. The van der Waals surface area contributed by atoms with Gasteiger partial charge in [-0.15, -0.1) is 0 Å². The number of carboxylic acids is 1. The van der Waals surface area contributed by atoms with Crippen LogP contribution in [-0.2, 0) is 51.9 Å². The zero-order chi connectivity index (χ0) is 57.7. The Labute approximate surface area is 498 Å². The van der Waals surface area contributed by atoms with Gasteiger partial charge in [-0.1, -0.05) is 233 Å². The number of aliphatic carboxylic acids is 1. The monoisotopic (exact) mass is 1130 g/mol. The van der Waals surface area contributed by atoms with Gasteiger partial charge in [-0.3, -0.25) is 19.2 Å².